The van der Waals surface area contributed by atoms with Crippen molar-refractivity contribution in [3.8, 4) is 5.75 Å². The van der Waals surface area contributed by atoms with E-state index in [1.165, 1.54) is 5.56 Å². The maximum Gasteiger partial charge on any atom is 0.136 e. The number of para-hydroxylation sites is 1. The monoisotopic (exact) mass is 254 g/mol. The summed E-state index contributed by atoms with van der Waals surface area (Å²) < 4.78 is 5.51. The molecular formula is C17H18O2. The summed E-state index contributed by atoms with van der Waals surface area (Å²) in [5.74, 6) is 1.07. The molecule has 0 atom stereocenters. The fourth-order valence-electron chi connectivity index (χ4n) is 1.85. The van der Waals surface area contributed by atoms with Crippen LogP contribution in [-0.2, 0) is 11.2 Å². The molecule has 0 radical (unpaired) electrons. The molecule has 0 aromatic heterocycles. The number of aryl methyl sites for hydroxylation is 1. The smallest absolute Gasteiger partial charge is 0.136 e. The van der Waals surface area contributed by atoms with Crippen LogP contribution in [-0.4, -0.2) is 12.4 Å². The largest absolute Gasteiger partial charge is 0.493 e. The summed E-state index contributed by atoms with van der Waals surface area (Å²) in [6.07, 6.45) is 1.87. The lowest BCUT2D eigenvalue weighted by Crippen LogP contribution is -2.07. The Bertz CT molecular complexity index is 491. The fourth-order valence-corrected chi connectivity index (χ4v) is 1.85. The van der Waals surface area contributed by atoms with Gasteiger partial charge in [0, 0.05) is 12.8 Å². The van der Waals surface area contributed by atoms with E-state index < -0.39 is 0 Å². The Kier molecular flexibility index (Phi) is 5.17. The van der Waals surface area contributed by atoms with Gasteiger partial charge in [-0.2, -0.15) is 0 Å². The maximum atomic E-state index is 11.7. The molecule has 0 bridgehead atoms. The summed E-state index contributed by atoms with van der Waals surface area (Å²) in [7, 11) is 0. The number of rotatable bonds is 7. The van der Waals surface area contributed by atoms with Crippen LogP contribution in [0, 0.1) is 0 Å². The molecule has 19 heavy (non-hydrogen) atoms. The second-order valence-electron chi connectivity index (χ2n) is 4.44. The molecule has 2 aromatic rings. The molecule has 0 spiro atoms. The van der Waals surface area contributed by atoms with E-state index in [0.717, 1.165) is 12.2 Å². The standard InChI is InChI=1S/C17H18O2/c18-16(12-11-15-7-3-1-4-8-15)13-14-19-17-9-5-2-6-10-17/h1-10H,11-14H2. The highest BCUT2D eigenvalue weighted by atomic mass is 16.5. The summed E-state index contributed by atoms with van der Waals surface area (Å²) >= 11 is 0. The molecule has 0 saturated heterocycles. The van der Waals surface area contributed by atoms with Gasteiger partial charge in [0.2, 0.25) is 0 Å². The van der Waals surface area contributed by atoms with Gasteiger partial charge in [-0.1, -0.05) is 48.5 Å². The van der Waals surface area contributed by atoms with E-state index in [9.17, 15) is 4.79 Å². The lowest BCUT2D eigenvalue weighted by molar-refractivity contribution is -0.119. The van der Waals surface area contributed by atoms with Crippen LogP contribution in [0.25, 0.3) is 0 Å². The molecule has 0 aliphatic rings. The van der Waals surface area contributed by atoms with E-state index in [2.05, 4.69) is 0 Å². The number of hydrogen-bond acceptors (Lipinski definition) is 2. The molecule has 2 nitrogen and oxygen atoms in total. The predicted octanol–water partition coefficient (Wildman–Crippen LogP) is 3.66. The van der Waals surface area contributed by atoms with Crippen LogP contribution in [0.5, 0.6) is 5.75 Å². The molecule has 98 valence electrons. The van der Waals surface area contributed by atoms with Crippen LogP contribution in [0.4, 0.5) is 0 Å². The Morgan fingerprint density at radius 2 is 1.47 bits per heavy atom. The van der Waals surface area contributed by atoms with Crippen molar-refractivity contribution in [3.63, 3.8) is 0 Å². The predicted molar refractivity (Wildman–Crippen MR) is 76.3 cm³/mol. The number of Topliss-reactive ketones (excluding diaryl/α,β-unsaturated/α-hetero) is 1. The minimum Gasteiger partial charge on any atom is -0.493 e. The SMILES string of the molecule is O=C(CCOc1ccccc1)CCc1ccccc1. The molecule has 0 fully saturated rings. The molecule has 0 aliphatic heterocycles. The number of carbonyl (C=O) groups is 1. The van der Waals surface area contributed by atoms with Gasteiger partial charge in [-0.05, 0) is 24.1 Å². The van der Waals surface area contributed by atoms with Crippen molar-refractivity contribution in [2.75, 3.05) is 6.61 Å². The van der Waals surface area contributed by atoms with Crippen molar-refractivity contribution in [1.29, 1.82) is 0 Å². The van der Waals surface area contributed by atoms with Gasteiger partial charge in [-0.3, -0.25) is 4.79 Å². The Hall–Kier alpha value is -2.09. The van der Waals surface area contributed by atoms with Gasteiger partial charge in [0.15, 0.2) is 0 Å². The van der Waals surface area contributed by atoms with E-state index in [4.69, 9.17) is 4.74 Å². The van der Waals surface area contributed by atoms with Gasteiger partial charge >= 0.3 is 0 Å². The van der Waals surface area contributed by atoms with Gasteiger partial charge in [0.1, 0.15) is 11.5 Å². The van der Waals surface area contributed by atoms with Crippen LogP contribution in [0.3, 0.4) is 0 Å². The van der Waals surface area contributed by atoms with Crippen LogP contribution in [0.2, 0.25) is 0 Å². The lowest BCUT2D eigenvalue weighted by Gasteiger charge is -2.05. The van der Waals surface area contributed by atoms with E-state index in [1.54, 1.807) is 0 Å². The molecule has 2 heteroatoms. The topological polar surface area (TPSA) is 26.3 Å². The van der Waals surface area contributed by atoms with E-state index in [1.807, 2.05) is 60.7 Å². The first-order valence-corrected chi connectivity index (χ1v) is 6.58. The second-order valence-corrected chi connectivity index (χ2v) is 4.44. The molecule has 2 rings (SSSR count). The molecular weight excluding hydrogens is 236 g/mol. The molecule has 0 unspecified atom stereocenters. The Morgan fingerprint density at radius 1 is 0.842 bits per heavy atom. The number of hydrogen-bond donors (Lipinski definition) is 0. The van der Waals surface area contributed by atoms with Crippen molar-refractivity contribution in [1.82, 2.24) is 0 Å². The van der Waals surface area contributed by atoms with Crippen LogP contribution < -0.4 is 4.74 Å². The summed E-state index contributed by atoms with van der Waals surface area (Å²) in [5, 5.41) is 0. The normalized spacial score (nSPS) is 10.1. The Morgan fingerprint density at radius 3 is 2.16 bits per heavy atom. The van der Waals surface area contributed by atoms with E-state index in [0.29, 0.717) is 19.4 Å². The zero-order chi connectivity index (χ0) is 13.3. The summed E-state index contributed by atoms with van der Waals surface area (Å²) in [6, 6.07) is 19.7. The molecule has 0 aliphatic carbocycles. The van der Waals surface area contributed by atoms with Crippen molar-refractivity contribution in [2.45, 2.75) is 19.3 Å². The average molecular weight is 254 g/mol. The summed E-state index contributed by atoms with van der Waals surface area (Å²) in [5.41, 5.74) is 1.21. The van der Waals surface area contributed by atoms with Crippen molar-refractivity contribution in [2.24, 2.45) is 0 Å². The first-order chi connectivity index (χ1) is 9.34. The molecule has 0 saturated carbocycles. The highest BCUT2D eigenvalue weighted by Gasteiger charge is 2.03. The number of ether oxygens (including phenoxy) is 1. The molecule has 0 heterocycles. The third-order valence-electron chi connectivity index (χ3n) is 2.93. The first kappa shape index (κ1) is 13.3. The van der Waals surface area contributed by atoms with Crippen LogP contribution in [0.15, 0.2) is 60.7 Å². The highest BCUT2D eigenvalue weighted by Crippen LogP contribution is 2.09. The van der Waals surface area contributed by atoms with E-state index in [-0.39, 0.29) is 5.78 Å². The Balaban J connectivity index is 1.65. The highest BCUT2D eigenvalue weighted by molar-refractivity contribution is 5.78. The lowest BCUT2D eigenvalue weighted by atomic mass is 10.1. The quantitative estimate of drug-likeness (QED) is 0.753. The third kappa shape index (κ3) is 4.96. The van der Waals surface area contributed by atoms with E-state index >= 15 is 0 Å². The minimum absolute atomic E-state index is 0.250. The van der Waals surface area contributed by atoms with Gasteiger partial charge in [0.25, 0.3) is 0 Å². The summed E-state index contributed by atoms with van der Waals surface area (Å²) in [6.45, 7) is 0.456. The zero-order valence-electron chi connectivity index (χ0n) is 10.9. The van der Waals surface area contributed by atoms with Gasteiger partial charge < -0.3 is 4.74 Å². The number of ketones is 1. The second kappa shape index (κ2) is 7.37. The van der Waals surface area contributed by atoms with Crippen molar-refractivity contribution >= 4 is 5.78 Å². The van der Waals surface area contributed by atoms with Crippen molar-refractivity contribution in [3.05, 3.63) is 66.2 Å². The zero-order valence-corrected chi connectivity index (χ0v) is 10.9. The maximum absolute atomic E-state index is 11.7. The van der Waals surface area contributed by atoms with Gasteiger partial charge in [-0.25, -0.2) is 0 Å². The van der Waals surface area contributed by atoms with Crippen molar-refractivity contribution < 1.29 is 9.53 Å². The van der Waals surface area contributed by atoms with Crippen LogP contribution in [0.1, 0.15) is 18.4 Å². The molecule has 2 aromatic carbocycles. The first-order valence-electron chi connectivity index (χ1n) is 6.58. The van der Waals surface area contributed by atoms with Gasteiger partial charge in [-0.15, -0.1) is 0 Å². The minimum atomic E-state index is 0.250. The third-order valence-corrected chi connectivity index (χ3v) is 2.93. The van der Waals surface area contributed by atoms with Gasteiger partial charge in [0.05, 0.1) is 6.61 Å². The number of carbonyl (C=O) groups excluding carboxylic acids is 1. The fraction of sp³-hybridized carbons (Fsp3) is 0.235. The molecule has 0 amide bonds. The Labute approximate surface area is 114 Å². The molecule has 0 N–H and O–H groups in total. The van der Waals surface area contributed by atoms with Crippen LogP contribution >= 0.6 is 0 Å². The average Bonchev–Trinajstić information content (AvgIpc) is 2.47. The summed E-state index contributed by atoms with van der Waals surface area (Å²) in [4.78, 5) is 11.7. The number of benzene rings is 2.